The van der Waals surface area contributed by atoms with Gasteiger partial charge in [0, 0.05) is 6.61 Å². The summed E-state index contributed by atoms with van der Waals surface area (Å²) in [5.41, 5.74) is 1.99. The van der Waals surface area contributed by atoms with Crippen molar-refractivity contribution in [2.75, 3.05) is 13.2 Å². The number of carbonyl (C=O) groups excluding carboxylic acids is 1. The molecule has 1 aromatic carbocycles. The fourth-order valence-electron chi connectivity index (χ4n) is 3.17. The number of hydrogen-bond acceptors (Lipinski definition) is 5. The summed E-state index contributed by atoms with van der Waals surface area (Å²) >= 11 is 0. The van der Waals surface area contributed by atoms with Crippen molar-refractivity contribution in [1.82, 2.24) is 4.72 Å². The summed E-state index contributed by atoms with van der Waals surface area (Å²) in [4.78, 5) is 12.5. The second-order valence-electron chi connectivity index (χ2n) is 6.74. The van der Waals surface area contributed by atoms with Crippen molar-refractivity contribution in [2.45, 2.75) is 51.2 Å². The van der Waals surface area contributed by atoms with Crippen LogP contribution in [0.2, 0.25) is 0 Å². The highest BCUT2D eigenvalue weighted by Crippen LogP contribution is 2.26. The Morgan fingerprint density at radius 1 is 1.31 bits per heavy atom. The summed E-state index contributed by atoms with van der Waals surface area (Å²) in [6.45, 7) is 2.56. The molecule has 1 aliphatic carbocycles. The number of ether oxygens (including phenoxy) is 2. The first-order chi connectivity index (χ1) is 12.5. The number of hydrogen-bond donors (Lipinski definition) is 1. The maximum absolute atomic E-state index is 12.5. The number of rotatable bonds is 6. The van der Waals surface area contributed by atoms with Crippen LogP contribution in [-0.2, 0) is 30.7 Å². The van der Waals surface area contributed by atoms with E-state index in [-0.39, 0.29) is 11.0 Å². The molecule has 0 bridgehead atoms. The van der Waals surface area contributed by atoms with Gasteiger partial charge in [-0.25, -0.2) is 13.1 Å². The van der Waals surface area contributed by atoms with Gasteiger partial charge in [-0.2, -0.15) is 0 Å². The number of amides is 1. The van der Waals surface area contributed by atoms with Crippen LogP contribution in [0, 0.1) is 0 Å². The Bertz CT molecular complexity index is 781. The van der Waals surface area contributed by atoms with Gasteiger partial charge in [-0.15, -0.1) is 0 Å². The highest BCUT2D eigenvalue weighted by molar-refractivity contribution is 7.94. The molecular formula is C19H25NO5S. The number of nitrogens with one attached hydrogen (secondary N) is 1. The summed E-state index contributed by atoms with van der Waals surface area (Å²) in [5.74, 6) is -0.652. The highest BCUT2D eigenvalue weighted by atomic mass is 32.2. The number of allylic oxidation sites excluding steroid dienone is 1. The molecule has 0 saturated carbocycles. The molecule has 0 spiro atoms. The lowest BCUT2D eigenvalue weighted by atomic mass is 9.98. The van der Waals surface area contributed by atoms with E-state index in [1.807, 2.05) is 24.3 Å². The Kier molecular flexibility index (Phi) is 6.11. The monoisotopic (exact) mass is 379 g/mol. The lowest BCUT2D eigenvalue weighted by molar-refractivity contribution is -0.133. The number of carbonyl (C=O) groups is 1. The molecule has 142 valence electrons. The maximum Gasteiger partial charge on any atom is 0.262 e. The molecule has 2 aliphatic rings. The third kappa shape index (κ3) is 4.72. The molecule has 1 amide bonds. The van der Waals surface area contributed by atoms with Crippen LogP contribution >= 0.6 is 0 Å². The molecule has 1 N–H and O–H groups in total. The molecule has 7 heteroatoms. The fourth-order valence-corrected chi connectivity index (χ4v) is 4.38. The van der Waals surface area contributed by atoms with Crippen LogP contribution < -0.4 is 4.72 Å². The molecular weight excluding hydrogens is 354 g/mol. The summed E-state index contributed by atoms with van der Waals surface area (Å²) in [7, 11) is -3.86. The smallest absolute Gasteiger partial charge is 0.262 e. The first-order valence-corrected chi connectivity index (χ1v) is 10.5. The summed E-state index contributed by atoms with van der Waals surface area (Å²) in [6, 6.07) is 7.66. The minimum atomic E-state index is -3.86. The van der Waals surface area contributed by atoms with Gasteiger partial charge in [0.05, 0.1) is 17.6 Å². The number of fused-ring (bicyclic) bond motifs is 1. The second-order valence-corrected chi connectivity index (χ2v) is 8.48. The van der Waals surface area contributed by atoms with Gasteiger partial charge in [-0.1, -0.05) is 24.3 Å². The predicted octanol–water partition coefficient (Wildman–Crippen LogP) is 2.39. The summed E-state index contributed by atoms with van der Waals surface area (Å²) < 4.78 is 38.3. The molecule has 1 aliphatic heterocycles. The normalized spacial score (nSPS) is 21.4. The van der Waals surface area contributed by atoms with E-state index in [4.69, 9.17) is 9.47 Å². The molecule has 3 rings (SSSR count). The van der Waals surface area contributed by atoms with Crippen LogP contribution in [0.3, 0.4) is 0 Å². The van der Waals surface area contributed by atoms with Crippen molar-refractivity contribution >= 4 is 22.0 Å². The molecule has 1 fully saturated rings. The SMILES string of the molecule is CC(OCC1CCCCO1)C(=O)NS(=O)(=O)C1=Cc2ccccc2CC1. The van der Waals surface area contributed by atoms with Crippen molar-refractivity contribution in [3.63, 3.8) is 0 Å². The van der Waals surface area contributed by atoms with Gasteiger partial charge in [0.25, 0.3) is 15.9 Å². The number of sulfonamides is 1. The van der Waals surface area contributed by atoms with Crippen LogP contribution in [0.1, 0.15) is 43.7 Å². The fraction of sp³-hybridized carbons (Fsp3) is 0.526. The van der Waals surface area contributed by atoms with Crippen molar-refractivity contribution in [1.29, 1.82) is 0 Å². The quantitative estimate of drug-likeness (QED) is 0.821. The van der Waals surface area contributed by atoms with Gasteiger partial charge >= 0.3 is 0 Å². The van der Waals surface area contributed by atoms with Gasteiger partial charge in [-0.05, 0) is 56.2 Å². The molecule has 0 aromatic heterocycles. The topological polar surface area (TPSA) is 81.7 Å². The number of benzene rings is 1. The predicted molar refractivity (Wildman–Crippen MR) is 98.8 cm³/mol. The van der Waals surface area contributed by atoms with E-state index < -0.39 is 22.0 Å². The van der Waals surface area contributed by atoms with E-state index >= 15 is 0 Å². The van der Waals surface area contributed by atoms with Crippen molar-refractivity contribution in [2.24, 2.45) is 0 Å². The Labute approximate surface area is 154 Å². The molecule has 1 heterocycles. The van der Waals surface area contributed by atoms with Gasteiger partial charge in [-0.3, -0.25) is 4.79 Å². The summed E-state index contributed by atoms with van der Waals surface area (Å²) in [5, 5.41) is 0. The third-order valence-electron chi connectivity index (χ3n) is 4.77. The molecule has 26 heavy (non-hydrogen) atoms. The lowest BCUT2D eigenvalue weighted by Crippen LogP contribution is -2.40. The summed E-state index contributed by atoms with van der Waals surface area (Å²) in [6.07, 6.45) is 4.81. The van der Waals surface area contributed by atoms with Gasteiger partial charge in [0.2, 0.25) is 0 Å². The zero-order valence-electron chi connectivity index (χ0n) is 14.9. The zero-order chi connectivity index (χ0) is 18.6. The van der Waals surface area contributed by atoms with E-state index in [1.54, 1.807) is 13.0 Å². The molecule has 0 radical (unpaired) electrons. The Morgan fingerprint density at radius 3 is 2.88 bits per heavy atom. The number of aryl methyl sites for hydroxylation is 1. The van der Waals surface area contributed by atoms with Crippen molar-refractivity contribution in [3.8, 4) is 0 Å². The van der Waals surface area contributed by atoms with Crippen LogP contribution in [0.5, 0.6) is 0 Å². The van der Waals surface area contributed by atoms with Gasteiger partial charge in [0.15, 0.2) is 0 Å². The average Bonchev–Trinajstić information content (AvgIpc) is 2.66. The van der Waals surface area contributed by atoms with E-state index in [0.29, 0.717) is 26.1 Å². The first-order valence-electron chi connectivity index (χ1n) is 9.04. The van der Waals surface area contributed by atoms with E-state index in [9.17, 15) is 13.2 Å². The third-order valence-corrected chi connectivity index (χ3v) is 6.25. The molecule has 2 unspecified atom stereocenters. The molecule has 6 nitrogen and oxygen atoms in total. The Morgan fingerprint density at radius 2 is 2.12 bits per heavy atom. The zero-order valence-corrected chi connectivity index (χ0v) is 15.8. The van der Waals surface area contributed by atoms with Gasteiger partial charge < -0.3 is 9.47 Å². The Hall–Kier alpha value is -1.70. The van der Waals surface area contributed by atoms with Gasteiger partial charge in [0.1, 0.15) is 6.10 Å². The molecule has 1 aromatic rings. The largest absolute Gasteiger partial charge is 0.376 e. The minimum absolute atomic E-state index is 0.0202. The standard InChI is InChI=1S/C19H25NO5S/c1-14(25-13-17-8-4-5-11-24-17)19(21)20-26(22,23)18-10-9-15-6-2-3-7-16(15)12-18/h2-3,6-7,12,14,17H,4-5,8-11,13H2,1H3,(H,20,21). The van der Waals surface area contributed by atoms with Crippen LogP contribution in [0.4, 0.5) is 0 Å². The maximum atomic E-state index is 12.5. The Balaban J connectivity index is 1.58. The van der Waals surface area contributed by atoms with E-state index in [2.05, 4.69) is 4.72 Å². The van der Waals surface area contributed by atoms with Crippen molar-refractivity contribution in [3.05, 3.63) is 40.3 Å². The van der Waals surface area contributed by atoms with E-state index in [1.165, 1.54) is 0 Å². The minimum Gasteiger partial charge on any atom is -0.376 e. The molecule has 2 atom stereocenters. The van der Waals surface area contributed by atoms with Crippen LogP contribution in [0.15, 0.2) is 29.2 Å². The second kappa shape index (κ2) is 8.33. The van der Waals surface area contributed by atoms with Crippen molar-refractivity contribution < 1.29 is 22.7 Å². The van der Waals surface area contributed by atoms with Crippen LogP contribution in [-0.4, -0.2) is 39.7 Å². The van der Waals surface area contributed by atoms with Crippen LogP contribution in [0.25, 0.3) is 6.08 Å². The average molecular weight is 379 g/mol. The first kappa shape index (κ1) is 19.1. The molecule has 1 saturated heterocycles. The highest BCUT2D eigenvalue weighted by Gasteiger charge is 2.27. The van der Waals surface area contributed by atoms with E-state index in [0.717, 1.165) is 30.4 Å². The lowest BCUT2D eigenvalue weighted by Gasteiger charge is -2.24.